The van der Waals surface area contributed by atoms with Crippen LogP contribution >= 0.6 is 0 Å². The zero-order valence-corrected chi connectivity index (χ0v) is 10.6. The van der Waals surface area contributed by atoms with Gasteiger partial charge in [-0.1, -0.05) is 0 Å². The second-order valence-electron chi connectivity index (χ2n) is 4.75. The molecule has 0 spiro atoms. The number of benzene rings is 1. The quantitative estimate of drug-likeness (QED) is 0.619. The summed E-state index contributed by atoms with van der Waals surface area (Å²) in [7, 11) is 2.00. The topological polar surface area (TPSA) is 102 Å². The number of anilines is 1. The number of hydrogen-bond acceptors (Lipinski definition) is 5. The maximum atomic E-state index is 11.1. The number of amides is 1. The second-order valence-corrected chi connectivity index (χ2v) is 4.75. The summed E-state index contributed by atoms with van der Waals surface area (Å²) < 4.78 is 0. The highest BCUT2D eigenvalue weighted by atomic mass is 16.6. The van der Waals surface area contributed by atoms with E-state index in [0.29, 0.717) is 5.69 Å². The van der Waals surface area contributed by atoms with Crippen LogP contribution in [-0.4, -0.2) is 41.9 Å². The van der Waals surface area contributed by atoms with E-state index in [0.717, 1.165) is 19.5 Å². The Morgan fingerprint density at radius 3 is 2.84 bits per heavy atom. The van der Waals surface area contributed by atoms with E-state index in [2.05, 4.69) is 10.2 Å². The van der Waals surface area contributed by atoms with Crippen molar-refractivity contribution in [1.82, 2.24) is 4.90 Å². The highest BCUT2D eigenvalue weighted by molar-refractivity contribution is 5.94. The fraction of sp³-hybridized carbons (Fsp3) is 0.417. The first kappa shape index (κ1) is 13.3. The maximum Gasteiger partial charge on any atom is 0.292 e. The molecule has 1 atom stereocenters. The molecule has 0 aromatic heterocycles. The summed E-state index contributed by atoms with van der Waals surface area (Å²) in [5.74, 6) is -0.596. The Labute approximate surface area is 110 Å². The number of carbonyl (C=O) groups excluding carboxylic acids is 1. The number of nitro groups is 1. The molecule has 0 aliphatic carbocycles. The van der Waals surface area contributed by atoms with E-state index in [1.54, 1.807) is 0 Å². The van der Waals surface area contributed by atoms with Crippen molar-refractivity contribution in [1.29, 1.82) is 0 Å². The largest absolute Gasteiger partial charge is 0.375 e. The lowest BCUT2D eigenvalue weighted by atomic mass is 10.1. The second kappa shape index (κ2) is 5.23. The van der Waals surface area contributed by atoms with Gasteiger partial charge in [0, 0.05) is 24.2 Å². The molecule has 0 radical (unpaired) electrons. The molecular weight excluding hydrogens is 248 g/mol. The first-order valence-corrected chi connectivity index (χ1v) is 6.00. The summed E-state index contributed by atoms with van der Waals surface area (Å²) in [6.07, 6.45) is 0.911. The van der Waals surface area contributed by atoms with Crippen LogP contribution in [0.2, 0.25) is 0 Å². The van der Waals surface area contributed by atoms with Crippen LogP contribution in [-0.2, 0) is 0 Å². The maximum absolute atomic E-state index is 11.1. The molecule has 1 unspecified atom stereocenters. The monoisotopic (exact) mass is 264 g/mol. The molecule has 1 aliphatic rings. The number of carbonyl (C=O) groups is 1. The zero-order chi connectivity index (χ0) is 14.0. The van der Waals surface area contributed by atoms with Gasteiger partial charge < -0.3 is 16.0 Å². The van der Waals surface area contributed by atoms with Gasteiger partial charge in [-0.15, -0.1) is 0 Å². The molecular formula is C12H16N4O3. The van der Waals surface area contributed by atoms with Crippen molar-refractivity contribution in [3.05, 3.63) is 33.9 Å². The van der Waals surface area contributed by atoms with Crippen LogP contribution in [0, 0.1) is 10.1 Å². The summed E-state index contributed by atoms with van der Waals surface area (Å²) in [5, 5.41) is 14.1. The molecule has 19 heavy (non-hydrogen) atoms. The van der Waals surface area contributed by atoms with Gasteiger partial charge in [0.15, 0.2) is 0 Å². The fourth-order valence-electron chi connectivity index (χ4n) is 2.24. The number of nitro benzene ring substituents is 1. The Balaban J connectivity index is 2.27. The molecule has 1 aromatic carbocycles. The van der Waals surface area contributed by atoms with Gasteiger partial charge in [-0.05, 0) is 32.1 Å². The zero-order valence-electron chi connectivity index (χ0n) is 10.6. The number of nitrogens with two attached hydrogens (primary N) is 1. The average Bonchev–Trinajstić information content (AvgIpc) is 2.74. The first-order chi connectivity index (χ1) is 8.97. The molecule has 1 aromatic rings. The van der Waals surface area contributed by atoms with Crippen LogP contribution in [0.3, 0.4) is 0 Å². The van der Waals surface area contributed by atoms with Crippen LogP contribution in [0.5, 0.6) is 0 Å². The van der Waals surface area contributed by atoms with Crippen molar-refractivity contribution < 1.29 is 9.72 Å². The molecule has 2 rings (SSSR count). The summed E-state index contributed by atoms with van der Waals surface area (Å²) >= 11 is 0. The molecule has 1 saturated heterocycles. The van der Waals surface area contributed by atoms with Crippen LogP contribution in [0.15, 0.2) is 18.2 Å². The van der Waals surface area contributed by atoms with Gasteiger partial charge in [-0.2, -0.15) is 0 Å². The van der Waals surface area contributed by atoms with Crippen molar-refractivity contribution >= 4 is 17.3 Å². The van der Waals surface area contributed by atoms with Gasteiger partial charge in [0.2, 0.25) is 5.91 Å². The molecule has 1 aliphatic heterocycles. The predicted molar refractivity (Wildman–Crippen MR) is 71.1 cm³/mol. The minimum atomic E-state index is -0.596. The molecule has 7 nitrogen and oxygen atoms in total. The third kappa shape index (κ3) is 3.00. The van der Waals surface area contributed by atoms with Crippen molar-refractivity contribution in [2.75, 3.05) is 25.5 Å². The Morgan fingerprint density at radius 2 is 2.32 bits per heavy atom. The Hall–Kier alpha value is -2.15. The van der Waals surface area contributed by atoms with Gasteiger partial charge >= 0.3 is 0 Å². The van der Waals surface area contributed by atoms with Crippen molar-refractivity contribution in [3.8, 4) is 0 Å². The number of nitrogens with one attached hydrogen (secondary N) is 1. The third-order valence-corrected chi connectivity index (χ3v) is 3.23. The molecule has 1 amide bonds. The van der Waals surface area contributed by atoms with E-state index in [1.165, 1.54) is 18.2 Å². The number of likely N-dealkylation sites (tertiary alicyclic amines) is 1. The molecule has 1 fully saturated rings. The summed E-state index contributed by atoms with van der Waals surface area (Å²) in [6, 6.07) is 4.26. The normalized spacial score (nSPS) is 19.3. The van der Waals surface area contributed by atoms with Crippen LogP contribution in [0.25, 0.3) is 0 Å². The first-order valence-electron chi connectivity index (χ1n) is 6.00. The Kier molecular flexibility index (Phi) is 3.66. The van der Waals surface area contributed by atoms with E-state index in [9.17, 15) is 14.9 Å². The van der Waals surface area contributed by atoms with E-state index in [4.69, 9.17) is 5.73 Å². The van der Waals surface area contributed by atoms with Crippen LogP contribution < -0.4 is 11.1 Å². The van der Waals surface area contributed by atoms with Gasteiger partial charge in [0.25, 0.3) is 5.69 Å². The van der Waals surface area contributed by atoms with Crippen LogP contribution in [0.4, 0.5) is 11.4 Å². The average molecular weight is 264 g/mol. The van der Waals surface area contributed by atoms with Crippen molar-refractivity contribution in [3.63, 3.8) is 0 Å². The highest BCUT2D eigenvalue weighted by Crippen LogP contribution is 2.27. The lowest BCUT2D eigenvalue weighted by Gasteiger charge is -2.14. The molecule has 1 heterocycles. The number of primary amides is 1. The number of likely N-dealkylation sites (N-methyl/N-ethyl adjacent to an activating group) is 1. The van der Waals surface area contributed by atoms with E-state index in [1.807, 2.05) is 7.05 Å². The Morgan fingerprint density at radius 1 is 1.58 bits per heavy atom. The standard InChI is InChI=1S/C12H16N4O3/c1-15-5-4-9(7-15)14-10-6-8(12(13)17)2-3-11(10)16(18)19/h2-3,6,9,14H,4-5,7H2,1H3,(H2,13,17). The smallest absolute Gasteiger partial charge is 0.292 e. The highest BCUT2D eigenvalue weighted by Gasteiger charge is 2.23. The predicted octanol–water partition coefficient (Wildman–Crippen LogP) is 0.810. The molecule has 102 valence electrons. The van der Waals surface area contributed by atoms with Gasteiger partial charge in [-0.3, -0.25) is 14.9 Å². The number of hydrogen-bond donors (Lipinski definition) is 2. The Bertz CT molecular complexity index is 518. The SMILES string of the molecule is CN1CCC(Nc2cc(C(N)=O)ccc2[N+](=O)[O-])C1. The molecule has 0 bridgehead atoms. The van der Waals surface area contributed by atoms with Crippen molar-refractivity contribution in [2.45, 2.75) is 12.5 Å². The lowest BCUT2D eigenvalue weighted by molar-refractivity contribution is -0.384. The minimum Gasteiger partial charge on any atom is -0.375 e. The molecule has 3 N–H and O–H groups in total. The van der Waals surface area contributed by atoms with E-state index >= 15 is 0 Å². The van der Waals surface area contributed by atoms with E-state index in [-0.39, 0.29) is 17.3 Å². The summed E-state index contributed by atoms with van der Waals surface area (Å²) in [6.45, 7) is 1.76. The fourth-order valence-corrected chi connectivity index (χ4v) is 2.24. The summed E-state index contributed by atoms with van der Waals surface area (Å²) in [4.78, 5) is 23.8. The van der Waals surface area contributed by atoms with Crippen molar-refractivity contribution in [2.24, 2.45) is 5.73 Å². The number of nitrogens with zero attached hydrogens (tertiary/aromatic N) is 2. The molecule has 7 heteroatoms. The minimum absolute atomic E-state index is 0.0421. The van der Waals surface area contributed by atoms with Gasteiger partial charge in [-0.25, -0.2) is 0 Å². The number of rotatable bonds is 4. The van der Waals surface area contributed by atoms with Gasteiger partial charge in [0.1, 0.15) is 5.69 Å². The van der Waals surface area contributed by atoms with Crippen LogP contribution in [0.1, 0.15) is 16.8 Å². The lowest BCUT2D eigenvalue weighted by Crippen LogP contribution is -2.24. The van der Waals surface area contributed by atoms with Gasteiger partial charge in [0.05, 0.1) is 4.92 Å². The summed E-state index contributed by atoms with van der Waals surface area (Å²) in [5.41, 5.74) is 5.76. The van der Waals surface area contributed by atoms with E-state index < -0.39 is 10.8 Å². The third-order valence-electron chi connectivity index (χ3n) is 3.23. The molecule has 0 saturated carbocycles.